The first-order chi connectivity index (χ1) is 13.4. The third kappa shape index (κ3) is 9.14. The van der Waals surface area contributed by atoms with E-state index in [1.807, 2.05) is 49.4 Å². The summed E-state index contributed by atoms with van der Waals surface area (Å²) in [6, 6.07) is 17.9. The first-order valence-corrected chi connectivity index (χ1v) is 11.1. The zero-order valence-electron chi connectivity index (χ0n) is 17.2. The van der Waals surface area contributed by atoms with Crippen molar-refractivity contribution in [1.29, 1.82) is 0 Å². The fourth-order valence-electron chi connectivity index (χ4n) is 2.77. The molecule has 0 aromatic heterocycles. The van der Waals surface area contributed by atoms with Gasteiger partial charge in [0.1, 0.15) is 0 Å². The summed E-state index contributed by atoms with van der Waals surface area (Å²) in [5.41, 5.74) is 3.00. The number of rotatable bonds is 9. The van der Waals surface area contributed by atoms with E-state index < -0.39 is 10.0 Å². The van der Waals surface area contributed by atoms with Crippen molar-refractivity contribution in [3.8, 4) is 0 Å². The van der Waals surface area contributed by atoms with Gasteiger partial charge in [0.15, 0.2) is 5.96 Å². The van der Waals surface area contributed by atoms with Crippen LogP contribution >= 0.6 is 24.0 Å². The Bertz CT molecular complexity index is 873. The number of hydrogen-bond donors (Lipinski definition) is 3. The van der Waals surface area contributed by atoms with Crippen LogP contribution in [-0.2, 0) is 22.3 Å². The summed E-state index contributed by atoms with van der Waals surface area (Å²) < 4.78 is 25.8. The van der Waals surface area contributed by atoms with Gasteiger partial charge in [-0.3, -0.25) is 0 Å². The predicted molar refractivity (Wildman–Crippen MR) is 131 cm³/mol. The van der Waals surface area contributed by atoms with Crippen molar-refractivity contribution in [3.05, 3.63) is 71.3 Å². The van der Waals surface area contributed by atoms with Crippen LogP contribution in [0.5, 0.6) is 0 Å². The summed E-state index contributed by atoms with van der Waals surface area (Å²) in [5, 5.41) is 6.64. The lowest BCUT2D eigenvalue weighted by atomic mass is 10.0. The molecular formula is C21H31IN4O2S. The largest absolute Gasteiger partial charge is 0.357 e. The number of nitrogens with zero attached hydrogens (tertiary/aromatic N) is 1. The molecule has 29 heavy (non-hydrogen) atoms. The van der Waals surface area contributed by atoms with Gasteiger partial charge < -0.3 is 10.6 Å². The second-order valence-corrected chi connectivity index (χ2v) is 8.60. The van der Waals surface area contributed by atoms with Gasteiger partial charge in [0.25, 0.3) is 0 Å². The molecule has 0 heterocycles. The van der Waals surface area contributed by atoms with Crippen molar-refractivity contribution in [2.45, 2.75) is 32.1 Å². The standard InChI is InChI=1S/C21H30N4O2S.HI/c1-4-23-21(24-14-17(2)20-11-6-5-7-12-20)25-15-18-9-8-10-19(13-18)16-28(26,27)22-3;/h5-13,17,22H,4,14-16H2,1-3H3,(H2,23,24,25);1H. The zero-order valence-corrected chi connectivity index (χ0v) is 20.3. The monoisotopic (exact) mass is 530 g/mol. The topological polar surface area (TPSA) is 82.6 Å². The molecule has 0 fully saturated rings. The molecule has 0 amide bonds. The molecule has 0 saturated carbocycles. The van der Waals surface area contributed by atoms with Crippen LogP contribution in [0, 0.1) is 0 Å². The van der Waals surface area contributed by atoms with Crippen LogP contribution < -0.4 is 15.4 Å². The van der Waals surface area contributed by atoms with Crippen molar-refractivity contribution >= 4 is 40.0 Å². The molecule has 8 heteroatoms. The van der Waals surface area contributed by atoms with Gasteiger partial charge in [0.2, 0.25) is 10.0 Å². The van der Waals surface area contributed by atoms with Crippen molar-refractivity contribution < 1.29 is 8.42 Å². The van der Waals surface area contributed by atoms with Gasteiger partial charge >= 0.3 is 0 Å². The van der Waals surface area contributed by atoms with E-state index in [1.54, 1.807) is 0 Å². The second-order valence-electron chi connectivity index (χ2n) is 6.67. The van der Waals surface area contributed by atoms with E-state index in [0.717, 1.165) is 30.2 Å². The number of hydrogen-bond acceptors (Lipinski definition) is 3. The molecule has 0 saturated heterocycles. The average molecular weight is 530 g/mol. The van der Waals surface area contributed by atoms with Crippen molar-refractivity contribution in [2.24, 2.45) is 4.99 Å². The summed E-state index contributed by atoms with van der Waals surface area (Å²) >= 11 is 0. The van der Waals surface area contributed by atoms with Gasteiger partial charge in [-0.25, -0.2) is 18.1 Å². The van der Waals surface area contributed by atoms with Crippen LogP contribution in [0.3, 0.4) is 0 Å². The molecule has 2 aromatic rings. The summed E-state index contributed by atoms with van der Waals surface area (Å²) in [6.07, 6.45) is 0. The molecule has 2 aromatic carbocycles. The predicted octanol–water partition coefficient (Wildman–Crippen LogP) is 3.21. The van der Waals surface area contributed by atoms with Gasteiger partial charge in [0, 0.05) is 13.1 Å². The average Bonchev–Trinajstić information content (AvgIpc) is 2.70. The second kappa shape index (κ2) is 12.8. The maximum atomic E-state index is 11.7. The van der Waals surface area contributed by atoms with Gasteiger partial charge in [0.05, 0.1) is 12.3 Å². The summed E-state index contributed by atoms with van der Waals surface area (Å²) in [5.74, 6) is 1.08. The van der Waals surface area contributed by atoms with E-state index in [0.29, 0.717) is 12.5 Å². The molecule has 0 aliphatic carbocycles. The Balaban J connectivity index is 0.00000420. The number of nitrogens with one attached hydrogen (secondary N) is 3. The van der Waals surface area contributed by atoms with E-state index in [2.05, 4.69) is 39.4 Å². The van der Waals surface area contributed by atoms with Crippen LogP contribution in [-0.4, -0.2) is 34.5 Å². The molecule has 0 aliphatic rings. The van der Waals surface area contributed by atoms with Crippen LogP contribution in [0.1, 0.15) is 36.5 Å². The van der Waals surface area contributed by atoms with E-state index in [4.69, 9.17) is 0 Å². The molecule has 1 unspecified atom stereocenters. The van der Waals surface area contributed by atoms with E-state index >= 15 is 0 Å². The maximum absolute atomic E-state index is 11.7. The van der Waals surface area contributed by atoms with Crippen LogP contribution in [0.2, 0.25) is 0 Å². The molecule has 0 aliphatic heterocycles. The van der Waals surface area contributed by atoms with Gasteiger partial charge in [-0.15, -0.1) is 24.0 Å². The Kier molecular flexibility index (Phi) is 11.2. The van der Waals surface area contributed by atoms with E-state index in [1.165, 1.54) is 12.6 Å². The molecular weight excluding hydrogens is 499 g/mol. The minimum Gasteiger partial charge on any atom is -0.357 e. The first kappa shape index (κ1) is 25.4. The van der Waals surface area contributed by atoms with Gasteiger partial charge in [-0.2, -0.15) is 0 Å². The lowest BCUT2D eigenvalue weighted by Crippen LogP contribution is -2.39. The molecule has 0 radical (unpaired) electrons. The lowest BCUT2D eigenvalue weighted by Gasteiger charge is -2.16. The minimum absolute atomic E-state index is 0. The Morgan fingerprint density at radius 2 is 1.72 bits per heavy atom. The maximum Gasteiger partial charge on any atom is 0.215 e. The quantitative estimate of drug-likeness (QED) is 0.264. The summed E-state index contributed by atoms with van der Waals surface area (Å²) in [4.78, 5) is 4.64. The number of aliphatic imine (C=N–C) groups is 1. The number of guanidine groups is 1. The smallest absolute Gasteiger partial charge is 0.215 e. The molecule has 1 atom stereocenters. The van der Waals surface area contributed by atoms with E-state index in [-0.39, 0.29) is 29.7 Å². The first-order valence-electron chi connectivity index (χ1n) is 9.49. The van der Waals surface area contributed by atoms with E-state index in [9.17, 15) is 8.42 Å². The summed E-state index contributed by atoms with van der Waals surface area (Å²) in [7, 11) is -1.86. The molecule has 6 nitrogen and oxygen atoms in total. The van der Waals surface area contributed by atoms with Crippen molar-refractivity contribution in [1.82, 2.24) is 15.4 Å². The SMILES string of the molecule is CCNC(=NCc1cccc(CS(=O)(=O)NC)c1)NCC(C)c1ccccc1.I. The number of halogens is 1. The van der Waals surface area contributed by atoms with Crippen LogP contribution in [0.25, 0.3) is 0 Å². The minimum atomic E-state index is -3.28. The highest BCUT2D eigenvalue weighted by Gasteiger charge is 2.09. The van der Waals surface area contributed by atoms with Crippen LogP contribution in [0.15, 0.2) is 59.6 Å². The highest BCUT2D eigenvalue weighted by molar-refractivity contribution is 14.0. The molecule has 0 spiro atoms. The fourth-order valence-corrected chi connectivity index (χ4v) is 3.53. The van der Waals surface area contributed by atoms with Gasteiger partial charge in [-0.1, -0.05) is 61.5 Å². The Labute approximate surface area is 191 Å². The highest BCUT2D eigenvalue weighted by atomic mass is 127. The van der Waals surface area contributed by atoms with Crippen LogP contribution in [0.4, 0.5) is 0 Å². The third-order valence-corrected chi connectivity index (χ3v) is 5.70. The Morgan fingerprint density at radius 1 is 1.03 bits per heavy atom. The summed E-state index contributed by atoms with van der Waals surface area (Å²) in [6.45, 7) is 6.23. The van der Waals surface area contributed by atoms with Gasteiger partial charge in [-0.05, 0) is 36.6 Å². The molecule has 160 valence electrons. The fraction of sp³-hybridized carbons (Fsp3) is 0.381. The highest BCUT2D eigenvalue weighted by Crippen LogP contribution is 2.13. The van der Waals surface area contributed by atoms with Crippen molar-refractivity contribution in [3.63, 3.8) is 0 Å². The zero-order chi connectivity index (χ0) is 20.4. The number of benzene rings is 2. The molecule has 0 bridgehead atoms. The third-order valence-electron chi connectivity index (χ3n) is 4.37. The molecule has 3 N–H and O–H groups in total. The molecule has 2 rings (SSSR count). The Morgan fingerprint density at radius 3 is 2.38 bits per heavy atom. The Hall–Kier alpha value is -1.65. The normalized spacial score (nSPS) is 12.7. The number of sulfonamides is 1. The lowest BCUT2D eigenvalue weighted by molar-refractivity contribution is 0.587. The van der Waals surface area contributed by atoms with Crippen molar-refractivity contribution in [2.75, 3.05) is 20.1 Å².